The molecule has 1 aliphatic rings. The van der Waals surface area contributed by atoms with E-state index in [0.29, 0.717) is 10.8 Å². The molecule has 18 heavy (non-hydrogen) atoms. The average Bonchev–Trinajstić information content (AvgIpc) is 2.46. The summed E-state index contributed by atoms with van der Waals surface area (Å²) in [5.74, 6) is 1.93. The summed E-state index contributed by atoms with van der Waals surface area (Å²) in [6, 6.07) is 3.51. The highest BCUT2D eigenvalue weighted by atomic mass is 32.2. The van der Waals surface area contributed by atoms with Gasteiger partial charge in [-0.2, -0.15) is 11.8 Å². The smallest absolute Gasteiger partial charge is 0.251 e. The number of hydrogen-bond acceptors (Lipinski definition) is 4. The number of amides is 1. The first-order valence-electron chi connectivity index (χ1n) is 6.33. The summed E-state index contributed by atoms with van der Waals surface area (Å²) >= 11 is 1.97. The van der Waals surface area contributed by atoms with Crippen molar-refractivity contribution in [3.05, 3.63) is 23.9 Å². The summed E-state index contributed by atoms with van der Waals surface area (Å²) in [6.45, 7) is 0.765. The minimum Gasteiger partial charge on any atom is -0.373 e. The number of carbonyl (C=O) groups excluding carboxylic acids is 1. The number of hydrogen-bond donors (Lipinski definition) is 2. The summed E-state index contributed by atoms with van der Waals surface area (Å²) in [6.07, 6.45) is 5.46. The Hall–Kier alpha value is -1.23. The second-order valence-corrected chi connectivity index (χ2v) is 5.79. The Kier molecular flexibility index (Phi) is 4.87. The standard InChI is InChI=1S/C13H19N3OS/c1-14-12-8-10(5-6-15-12)13(17)16-9-11-4-2-3-7-18-11/h5-6,8,11H,2-4,7,9H2,1H3,(H,14,15)(H,16,17). The average molecular weight is 265 g/mol. The van der Waals surface area contributed by atoms with Crippen molar-refractivity contribution < 1.29 is 4.79 Å². The van der Waals surface area contributed by atoms with Crippen molar-refractivity contribution >= 4 is 23.5 Å². The lowest BCUT2D eigenvalue weighted by Gasteiger charge is -2.21. The first-order valence-corrected chi connectivity index (χ1v) is 7.38. The molecule has 98 valence electrons. The van der Waals surface area contributed by atoms with Gasteiger partial charge in [0.1, 0.15) is 5.82 Å². The van der Waals surface area contributed by atoms with Crippen LogP contribution in [-0.2, 0) is 0 Å². The van der Waals surface area contributed by atoms with E-state index in [4.69, 9.17) is 0 Å². The SMILES string of the molecule is CNc1cc(C(=O)NCC2CCCCS2)ccn1. The molecule has 2 N–H and O–H groups in total. The highest BCUT2D eigenvalue weighted by molar-refractivity contribution is 7.99. The predicted octanol–water partition coefficient (Wildman–Crippen LogP) is 2.14. The van der Waals surface area contributed by atoms with Crippen LogP contribution in [-0.4, -0.2) is 35.5 Å². The van der Waals surface area contributed by atoms with Gasteiger partial charge in [-0.3, -0.25) is 4.79 Å². The second kappa shape index (κ2) is 6.64. The molecule has 0 bridgehead atoms. The van der Waals surface area contributed by atoms with E-state index in [-0.39, 0.29) is 5.91 Å². The van der Waals surface area contributed by atoms with Crippen LogP contribution >= 0.6 is 11.8 Å². The second-order valence-electron chi connectivity index (χ2n) is 4.38. The minimum absolute atomic E-state index is 0.0138. The van der Waals surface area contributed by atoms with Gasteiger partial charge in [0.25, 0.3) is 5.91 Å². The first kappa shape index (κ1) is 13.2. The van der Waals surface area contributed by atoms with Crippen LogP contribution in [0, 0.1) is 0 Å². The van der Waals surface area contributed by atoms with Crippen molar-refractivity contribution in [1.82, 2.24) is 10.3 Å². The van der Waals surface area contributed by atoms with Crippen LogP contribution in [0.4, 0.5) is 5.82 Å². The van der Waals surface area contributed by atoms with Gasteiger partial charge in [0.05, 0.1) is 0 Å². The van der Waals surface area contributed by atoms with Crippen LogP contribution in [0.2, 0.25) is 0 Å². The third-order valence-electron chi connectivity index (χ3n) is 3.04. The van der Waals surface area contributed by atoms with E-state index < -0.39 is 0 Å². The van der Waals surface area contributed by atoms with Crippen molar-refractivity contribution in [2.24, 2.45) is 0 Å². The highest BCUT2D eigenvalue weighted by Gasteiger charge is 2.15. The molecule has 4 nitrogen and oxygen atoms in total. The number of rotatable bonds is 4. The fraction of sp³-hybridized carbons (Fsp3) is 0.538. The first-order chi connectivity index (χ1) is 8.79. The molecule has 1 unspecified atom stereocenters. The van der Waals surface area contributed by atoms with Gasteiger partial charge >= 0.3 is 0 Å². The van der Waals surface area contributed by atoms with E-state index in [1.165, 1.54) is 25.0 Å². The largest absolute Gasteiger partial charge is 0.373 e. The molecule has 0 aromatic carbocycles. The summed E-state index contributed by atoms with van der Waals surface area (Å²) < 4.78 is 0. The van der Waals surface area contributed by atoms with Crippen LogP contribution in [0.25, 0.3) is 0 Å². The molecule has 1 aromatic rings. The topological polar surface area (TPSA) is 54.0 Å². The number of carbonyl (C=O) groups is 1. The fourth-order valence-electron chi connectivity index (χ4n) is 1.99. The maximum atomic E-state index is 12.0. The molecular weight excluding hydrogens is 246 g/mol. The van der Waals surface area contributed by atoms with E-state index in [2.05, 4.69) is 15.6 Å². The third-order valence-corrected chi connectivity index (χ3v) is 4.44. The van der Waals surface area contributed by atoms with Crippen LogP contribution in [0.5, 0.6) is 0 Å². The van der Waals surface area contributed by atoms with Crippen molar-refractivity contribution in [3.8, 4) is 0 Å². The van der Waals surface area contributed by atoms with Gasteiger partial charge in [-0.05, 0) is 30.7 Å². The normalized spacial score (nSPS) is 19.3. The molecule has 2 rings (SSSR count). The Morgan fingerprint density at radius 2 is 2.44 bits per heavy atom. The van der Waals surface area contributed by atoms with Crippen molar-refractivity contribution in [2.45, 2.75) is 24.5 Å². The lowest BCUT2D eigenvalue weighted by atomic mass is 10.2. The number of anilines is 1. The number of thioether (sulfide) groups is 1. The van der Waals surface area contributed by atoms with Gasteiger partial charge in [0.2, 0.25) is 0 Å². The molecule has 0 saturated carbocycles. The van der Waals surface area contributed by atoms with Gasteiger partial charge in [0.15, 0.2) is 0 Å². The number of pyridine rings is 1. The highest BCUT2D eigenvalue weighted by Crippen LogP contribution is 2.24. The van der Waals surface area contributed by atoms with Crippen LogP contribution in [0.15, 0.2) is 18.3 Å². The zero-order valence-corrected chi connectivity index (χ0v) is 11.4. The summed E-state index contributed by atoms with van der Waals surface area (Å²) in [5.41, 5.74) is 0.662. The van der Waals surface area contributed by atoms with Crippen molar-refractivity contribution in [2.75, 3.05) is 24.7 Å². The molecule has 1 fully saturated rings. The van der Waals surface area contributed by atoms with Crippen LogP contribution in [0.1, 0.15) is 29.6 Å². The molecule has 1 aromatic heterocycles. The van der Waals surface area contributed by atoms with Gasteiger partial charge in [-0.15, -0.1) is 0 Å². The monoisotopic (exact) mass is 265 g/mol. The predicted molar refractivity (Wildman–Crippen MR) is 76.2 cm³/mol. The maximum absolute atomic E-state index is 12.0. The molecule has 1 saturated heterocycles. The molecule has 5 heteroatoms. The molecule has 0 aliphatic carbocycles. The van der Waals surface area contributed by atoms with Crippen molar-refractivity contribution in [3.63, 3.8) is 0 Å². The van der Waals surface area contributed by atoms with Gasteiger partial charge < -0.3 is 10.6 Å². The Morgan fingerprint density at radius 3 is 3.17 bits per heavy atom. The lowest BCUT2D eigenvalue weighted by Crippen LogP contribution is -2.31. The summed E-state index contributed by atoms with van der Waals surface area (Å²) in [5, 5.41) is 6.51. The van der Waals surface area contributed by atoms with Crippen LogP contribution in [0.3, 0.4) is 0 Å². The zero-order chi connectivity index (χ0) is 12.8. The van der Waals surface area contributed by atoms with Gasteiger partial charge in [0, 0.05) is 30.6 Å². The number of aromatic nitrogens is 1. The van der Waals surface area contributed by atoms with E-state index >= 15 is 0 Å². The zero-order valence-electron chi connectivity index (χ0n) is 10.6. The molecular formula is C13H19N3OS. The number of nitrogens with one attached hydrogen (secondary N) is 2. The Balaban J connectivity index is 1.86. The molecule has 2 heterocycles. The number of nitrogens with zero attached hydrogens (tertiary/aromatic N) is 1. The quantitative estimate of drug-likeness (QED) is 0.876. The van der Waals surface area contributed by atoms with Crippen molar-refractivity contribution in [1.29, 1.82) is 0 Å². The molecule has 1 atom stereocenters. The fourth-order valence-corrected chi connectivity index (χ4v) is 3.22. The Morgan fingerprint density at radius 1 is 1.56 bits per heavy atom. The summed E-state index contributed by atoms with van der Waals surface area (Å²) in [7, 11) is 1.79. The Bertz CT molecular complexity index is 405. The molecule has 0 radical (unpaired) electrons. The van der Waals surface area contributed by atoms with Gasteiger partial charge in [-0.1, -0.05) is 6.42 Å². The van der Waals surface area contributed by atoms with Crippen LogP contribution < -0.4 is 10.6 Å². The minimum atomic E-state index is -0.0138. The maximum Gasteiger partial charge on any atom is 0.251 e. The van der Waals surface area contributed by atoms with E-state index in [1.807, 2.05) is 11.8 Å². The van der Waals surface area contributed by atoms with Gasteiger partial charge in [-0.25, -0.2) is 4.98 Å². The Labute approximate surface area is 112 Å². The van der Waals surface area contributed by atoms with E-state index in [1.54, 1.807) is 25.4 Å². The van der Waals surface area contributed by atoms with E-state index in [0.717, 1.165) is 12.4 Å². The lowest BCUT2D eigenvalue weighted by molar-refractivity contribution is 0.0953. The third kappa shape index (κ3) is 3.63. The molecule has 1 amide bonds. The molecule has 0 spiro atoms. The summed E-state index contributed by atoms with van der Waals surface area (Å²) in [4.78, 5) is 16.1. The van der Waals surface area contributed by atoms with E-state index in [9.17, 15) is 4.79 Å². The molecule has 1 aliphatic heterocycles.